The Bertz CT molecular complexity index is 462. The van der Waals surface area contributed by atoms with Crippen molar-refractivity contribution >= 4 is 31.9 Å². The molecule has 74 valence electrons. The summed E-state index contributed by atoms with van der Waals surface area (Å²) in [6, 6.07) is 4.55. The quantitative estimate of drug-likeness (QED) is 0.643. The number of rotatable bonds is 0. The molecule has 0 amide bonds. The molecule has 0 aromatic rings. The van der Waals surface area contributed by atoms with Gasteiger partial charge >= 0.3 is 0 Å². The third kappa shape index (κ3) is 0.747. The van der Waals surface area contributed by atoms with E-state index in [9.17, 15) is 0 Å². The summed E-state index contributed by atoms with van der Waals surface area (Å²) in [5.74, 6) is 0. The van der Waals surface area contributed by atoms with Crippen molar-refractivity contribution in [2.24, 2.45) is 10.8 Å². The van der Waals surface area contributed by atoms with Crippen molar-refractivity contribution in [2.75, 3.05) is 0 Å². The molecule has 3 aliphatic rings. The van der Waals surface area contributed by atoms with Gasteiger partial charge in [0.1, 0.15) is 0 Å². The molecule has 2 nitrogen and oxygen atoms in total. The van der Waals surface area contributed by atoms with E-state index in [1.165, 1.54) is 0 Å². The lowest BCUT2D eigenvalue weighted by Crippen LogP contribution is -2.18. The molecule has 4 atom stereocenters. The van der Waals surface area contributed by atoms with Crippen LogP contribution in [0.3, 0.4) is 0 Å². The highest BCUT2D eigenvalue weighted by Crippen LogP contribution is 2.83. The van der Waals surface area contributed by atoms with Crippen LogP contribution in [0.4, 0.5) is 0 Å². The number of hydrogen-bond donors (Lipinski definition) is 0. The third-order valence-electron chi connectivity index (χ3n) is 4.00. The van der Waals surface area contributed by atoms with E-state index in [0.717, 1.165) is 17.6 Å². The van der Waals surface area contributed by atoms with E-state index in [2.05, 4.69) is 44.0 Å². The summed E-state index contributed by atoms with van der Waals surface area (Å²) in [6.45, 7) is 0. The first-order chi connectivity index (χ1) is 7.13. The monoisotopic (exact) mass is 324 g/mol. The van der Waals surface area contributed by atoms with Gasteiger partial charge in [-0.3, -0.25) is 0 Å². The standard InChI is InChI=1S/C11H6Br2N2/c12-8-1-6(3-14)10-5-11(8,10)7(4-15)2-9(10)13/h1-2,8-9H,5H2/t8-,9-,10+,11?/m0/s1. The lowest BCUT2D eigenvalue weighted by molar-refractivity contribution is 0.550. The van der Waals surface area contributed by atoms with Gasteiger partial charge in [0.05, 0.1) is 12.1 Å². The zero-order valence-corrected chi connectivity index (χ0v) is 10.8. The smallest absolute Gasteiger partial charge is 0.0951 e. The molecule has 3 rings (SSSR count). The average Bonchev–Trinajstić information content (AvgIpc) is 2.81. The second-order valence-electron chi connectivity index (χ2n) is 4.31. The van der Waals surface area contributed by atoms with Crippen LogP contribution in [-0.2, 0) is 0 Å². The zero-order chi connectivity index (χ0) is 10.8. The first-order valence-corrected chi connectivity index (χ1v) is 6.49. The summed E-state index contributed by atoms with van der Waals surface area (Å²) in [7, 11) is 0. The molecule has 0 bridgehead atoms. The highest BCUT2D eigenvalue weighted by Gasteiger charge is 2.81. The van der Waals surface area contributed by atoms with Crippen molar-refractivity contribution < 1.29 is 0 Å². The van der Waals surface area contributed by atoms with Crippen LogP contribution in [0.25, 0.3) is 0 Å². The molecular formula is C11H6Br2N2. The summed E-state index contributed by atoms with van der Waals surface area (Å²) in [4.78, 5) is 0.265. The van der Waals surface area contributed by atoms with E-state index in [-0.39, 0.29) is 20.5 Å². The van der Waals surface area contributed by atoms with Gasteiger partial charge in [-0.05, 0) is 6.42 Å². The maximum atomic E-state index is 9.13. The van der Waals surface area contributed by atoms with Gasteiger partial charge < -0.3 is 0 Å². The lowest BCUT2D eigenvalue weighted by Gasteiger charge is -2.15. The van der Waals surface area contributed by atoms with Crippen molar-refractivity contribution in [1.29, 1.82) is 10.5 Å². The van der Waals surface area contributed by atoms with Crippen molar-refractivity contribution in [1.82, 2.24) is 0 Å². The van der Waals surface area contributed by atoms with E-state index in [4.69, 9.17) is 10.5 Å². The minimum Gasteiger partial charge on any atom is -0.193 e. The molecule has 1 saturated carbocycles. The summed E-state index contributed by atoms with van der Waals surface area (Å²) < 4.78 is 0. The molecule has 0 radical (unpaired) electrons. The normalized spacial score (nSPS) is 49.6. The minimum atomic E-state index is -0.124. The number of hydrogen-bond acceptors (Lipinski definition) is 2. The first-order valence-electron chi connectivity index (χ1n) is 4.66. The van der Waals surface area contributed by atoms with Crippen LogP contribution in [0.1, 0.15) is 6.42 Å². The van der Waals surface area contributed by atoms with E-state index in [1.807, 2.05) is 12.2 Å². The Kier molecular flexibility index (Phi) is 1.65. The molecule has 4 heteroatoms. The molecule has 0 saturated heterocycles. The fourth-order valence-corrected chi connectivity index (χ4v) is 5.36. The first kappa shape index (κ1) is 9.63. The van der Waals surface area contributed by atoms with Gasteiger partial charge in [-0.2, -0.15) is 10.5 Å². The molecule has 3 aliphatic carbocycles. The SMILES string of the molecule is N#CC1=C[C@H](Br)[C@]23CC12[C@@H](Br)C=C3C#N. The molecule has 1 fully saturated rings. The van der Waals surface area contributed by atoms with Crippen molar-refractivity contribution in [3.05, 3.63) is 23.3 Å². The predicted octanol–water partition coefficient (Wildman–Crippen LogP) is 2.82. The van der Waals surface area contributed by atoms with Crippen LogP contribution in [0.15, 0.2) is 23.3 Å². The van der Waals surface area contributed by atoms with Crippen molar-refractivity contribution in [3.8, 4) is 12.1 Å². The zero-order valence-electron chi connectivity index (χ0n) is 7.67. The van der Waals surface area contributed by atoms with Crippen LogP contribution >= 0.6 is 31.9 Å². The summed E-state index contributed by atoms with van der Waals surface area (Å²) in [6.07, 6.45) is 4.84. The van der Waals surface area contributed by atoms with Gasteiger partial charge in [0.15, 0.2) is 0 Å². The molecule has 0 spiro atoms. The Hall–Kier alpha value is -0.580. The highest BCUT2D eigenvalue weighted by atomic mass is 79.9. The molecule has 0 aliphatic heterocycles. The largest absolute Gasteiger partial charge is 0.193 e. The number of nitriles is 2. The predicted molar refractivity (Wildman–Crippen MR) is 62.3 cm³/mol. The van der Waals surface area contributed by atoms with Crippen LogP contribution < -0.4 is 0 Å². The average molecular weight is 326 g/mol. The van der Waals surface area contributed by atoms with Crippen LogP contribution in [0.5, 0.6) is 0 Å². The number of nitrogens with zero attached hydrogens (tertiary/aromatic N) is 2. The second kappa shape index (κ2) is 2.56. The molecule has 0 heterocycles. The van der Waals surface area contributed by atoms with Crippen LogP contribution in [-0.4, -0.2) is 9.65 Å². The Labute approximate surface area is 105 Å². The minimum absolute atomic E-state index is 0.124. The van der Waals surface area contributed by atoms with Crippen molar-refractivity contribution in [3.63, 3.8) is 0 Å². The van der Waals surface area contributed by atoms with Gasteiger partial charge in [0, 0.05) is 31.6 Å². The van der Waals surface area contributed by atoms with Gasteiger partial charge in [-0.1, -0.05) is 44.0 Å². The highest BCUT2D eigenvalue weighted by molar-refractivity contribution is 9.10. The van der Waals surface area contributed by atoms with E-state index in [1.54, 1.807) is 0 Å². The van der Waals surface area contributed by atoms with Gasteiger partial charge in [0.25, 0.3) is 0 Å². The van der Waals surface area contributed by atoms with Gasteiger partial charge in [-0.15, -0.1) is 0 Å². The third-order valence-corrected chi connectivity index (χ3v) is 6.09. The maximum absolute atomic E-state index is 9.13. The molecule has 0 N–H and O–H groups in total. The fourth-order valence-electron chi connectivity index (χ4n) is 3.20. The fraction of sp³-hybridized carbons (Fsp3) is 0.455. The number of halogens is 2. The van der Waals surface area contributed by atoms with Crippen LogP contribution in [0, 0.1) is 33.5 Å². The Morgan fingerprint density at radius 3 is 1.80 bits per heavy atom. The Morgan fingerprint density at radius 1 is 1.07 bits per heavy atom. The second-order valence-corrected chi connectivity index (χ2v) is 6.28. The molecule has 1 unspecified atom stereocenters. The lowest BCUT2D eigenvalue weighted by atomic mass is 9.91. The van der Waals surface area contributed by atoms with Gasteiger partial charge in [-0.25, -0.2) is 0 Å². The topological polar surface area (TPSA) is 47.6 Å². The number of alkyl halides is 2. The molecule has 15 heavy (non-hydrogen) atoms. The summed E-state index contributed by atoms with van der Waals surface area (Å²) in [5.41, 5.74) is 1.41. The van der Waals surface area contributed by atoms with Crippen LogP contribution in [0.2, 0.25) is 0 Å². The maximum Gasteiger partial charge on any atom is 0.0951 e. The molecule has 0 aromatic heterocycles. The number of allylic oxidation sites excluding steroid dienone is 4. The summed E-state index contributed by atoms with van der Waals surface area (Å²) in [5, 5.41) is 18.3. The Balaban J connectivity index is 2.19. The van der Waals surface area contributed by atoms with E-state index in [0.29, 0.717) is 0 Å². The van der Waals surface area contributed by atoms with E-state index >= 15 is 0 Å². The molecule has 0 aromatic carbocycles. The van der Waals surface area contributed by atoms with E-state index < -0.39 is 0 Å². The summed E-state index contributed by atoms with van der Waals surface area (Å²) >= 11 is 7.18. The Morgan fingerprint density at radius 2 is 1.47 bits per heavy atom. The molecular weight excluding hydrogens is 320 g/mol. The van der Waals surface area contributed by atoms with Gasteiger partial charge in [0.2, 0.25) is 0 Å². The van der Waals surface area contributed by atoms with Crippen molar-refractivity contribution in [2.45, 2.75) is 16.1 Å².